The van der Waals surface area contributed by atoms with Crippen molar-refractivity contribution in [2.75, 3.05) is 13.5 Å². The van der Waals surface area contributed by atoms with Crippen LogP contribution in [0.15, 0.2) is 146 Å². The van der Waals surface area contributed by atoms with Crippen molar-refractivity contribution < 1.29 is 18.6 Å². The Bertz CT molecular complexity index is 2230. The monoisotopic (exact) mass is 684 g/mol. The van der Waals surface area contributed by atoms with Gasteiger partial charge in [0, 0.05) is 40.7 Å². The van der Waals surface area contributed by atoms with Crippen molar-refractivity contribution in [1.29, 1.82) is 0 Å². The first-order valence-electron chi connectivity index (χ1n) is 18.1. The quantitative estimate of drug-likeness (QED) is 0.163. The normalized spacial score (nSPS) is 13.6. The van der Waals surface area contributed by atoms with Crippen molar-refractivity contribution in [1.82, 2.24) is 0 Å². The smallest absolute Gasteiger partial charge is 0.292 e. The first-order chi connectivity index (χ1) is 25.1. The van der Waals surface area contributed by atoms with Gasteiger partial charge in [0.2, 0.25) is 11.4 Å². The zero-order valence-corrected chi connectivity index (χ0v) is 31.1. The van der Waals surface area contributed by atoms with Crippen LogP contribution in [0.4, 0.5) is 11.4 Å². The summed E-state index contributed by atoms with van der Waals surface area (Å²) in [4.78, 5) is 0. The largest absolute Gasteiger partial charge is 0.435 e. The molecule has 260 valence electrons. The highest BCUT2D eigenvalue weighted by molar-refractivity contribution is 5.84. The number of hydrogen-bond acceptors (Lipinski definition) is 2. The van der Waals surface area contributed by atoms with Crippen molar-refractivity contribution in [2.45, 2.75) is 52.4 Å². The molecule has 0 aromatic heterocycles. The molecule has 0 saturated heterocycles. The number of nitrogens with zero attached hydrogens (tertiary/aromatic N) is 2. The molecule has 0 radical (unpaired) electrons. The summed E-state index contributed by atoms with van der Waals surface area (Å²) >= 11 is 0. The molecule has 0 atom stereocenters. The summed E-state index contributed by atoms with van der Waals surface area (Å²) in [7, 11) is 0. The summed E-state index contributed by atoms with van der Waals surface area (Å²) in [5, 5.41) is 0. The van der Waals surface area contributed by atoms with Gasteiger partial charge in [-0.1, -0.05) is 131 Å². The van der Waals surface area contributed by atoms with Crippen LogP contribution < -0.4 is 9.47 Å². The van der Waals surface area contributed by atoms with E-state index in [2.05, 4.69) is 172 Å². The third-order valence-corrected chi connectivity index (χ3v) is 10.3. The fraction of sp³-hybridized carbons (Fsp3) is 0.208. The summed E-state index contributed by atoms with van der Waals surface area (Å²) in [5.74, 6) is 1.94. The maximum absolute atomic E-state index is 6.58. The zero-order valence-electron chi connectivity index (χ0n) is 31.1. The van der Waals surface area contributed by atoms with Crippen LogP contribution in [0.3, 0.4) is 0 Å². The third-order valence-electron chi connectivity index (χ3n) is 10.3. The van der Waals surface area contributed by atoms with Crippen LogP contribution in [0, 0.1) is 13.8 Å². The summed E-state index contributed by atoms with van der Waals surface area (Å²) < 4.78 is 16.6. The lowest BCUT2D eigenvalue weighted by molar-refractivity contribution is -0.476. The average molecular weight is 685 g/mol. The lowest BCUT2D eigenvalue weighted by Gasteiger charge is -2.33. The topological polar surface area (TPSA) is 24.5 Å². The van der Waals surface area contributed by atoms with E-state index in [0.717, 1.165) is 34.0 Å². The minimum absolute atomic E-state index is 0.159. The van der Waals surface area contributed by atoms with E-state index in [0.29, 0.717) is 13.5 Å². The second kappa shape index (κ2) is 14.5. The highest BCUT2D eigenvalue weighted by Crippen LogP contribution is 2.44. The fourth-order valence-corrected chi connectivity index (χ4v) is 7.20. The average Bonchev–Trinajstić information content (AvgIpc) is 3.18. The summed E-state index contributed by atoms with van der Waals surface area (Å²) in [6.45, 7) is 14.6. The lowest BCUT2D eigenvalue weighted by Crippen LogP contribution is -2.28. The Morgan fingerprint density at radius 3 is 1.63 bits per heavy atom. The van der Waals surface area contributed by atoms with E-state index in [1.165, 1.54) is 33.4 Å². The molecule has 2 aliphatic heterocycles. The second-order valence-electron chi connectivity index (χ2n) is 14.9. The molecule has 4 heteroatoms. The number of rotatable bonds is 6. The van der Waals surface area contributed by atoms with E-state index in [4.69, 9.17) is 9.47 Å². The molecule has 0 amide bonds. The van der Waals surface area contributed by atoms with Crippen LogP contribution in [-0.2, 0) is 10.8 Å². The van der Waals surface area contributed by atoms with Gasteiger partial charge < -0.3 is 9.47 Å². The first kappa shape index (κ1) is 34.7. The summed E-state index contributed by atoms with van der Waals surface area (Å²) in [6, 6.07) is 51.2. The Morgan fingerprint density at radius 2 is 0.981 bits per heavy atom. The van der Waals surface area contributed by atoms with E-state index in [1.54, 1.807) is 0 Å². The molecule has 52 heavy (non-hydrogen) atoms. The van der Waals surface area contributed by atoms with E-state index < -0.39 is 0 Å². The van der Waals surface area contributed by atoms with E-state index >= 15 is 0 Å². The van der Waals surface area contributed by atoms with Gasteiger partial charge in [-0.15, -0.1) is 0 Å². The molecule has 0 saturated carbocycles. The maximum atomic E-state index is 6.58. The number of para-hydroxylation sites is 2. The molecular weight excluding hydrogens is 637 g/mol. The maximum Gasteiger partial charge on any atom is 0.292 e. The molecule has 0 unspecified atom stereocenters. The number of ether oxygens (including phenoxy) is 2. The predicted molar refractivity (Wildman–Crippen MR) is 214 cm³/mol. The molecule has 8 rings (SSSR count). The van der Waals surface area contributed by atoms with Gasteiger partial charge >= 0.3 is 0 Å². The highest BCUT2D eigenvalue weighted by atomic mass is 16.5. The van der Waals surface area contributed by atoms with E-state index in [-0.39, 0.29) is 10.8 Å². The molecule has 0 N–H and O–H groups in total. The second-order valence-corrected chi connectivity index (χ2v) is 14.9. The van der Waals surface area contributed by atoms with Crippen LogP contribution in [-0.4, -0.2) is 35.0 Å². The molecule has 6 aromatic rings. The first-order valence-corrected chi connectivity index (χ1v) is 18.1. The highest BCUT2D eigenvalue weighted by Gasteiger charge is 2.35. The van der Waals surface area contributed by atoms with Gasteiger partial charge in [0.25, 0.3) is 13.5 Å². The minimum atomic E-state index is -0.218. The van der Waals surface area contributed by atoms with Crippen LogP contribution >= 0.6 is 0 Å². The number of hydrogen-bond donors (Lipinski definition) is 0. The number of benzene rings is 6. The molecular formula is C48H48N2O2+2. The molecule has 4 nitrogen and oxygen atoms in total. The lowest BCUT2D eigenvalue weighted by atomic mass is 9.72. The predicted octanol–water partition coefficient (Wildman–Crippen LogP) is 10.9. The standard InChI is InChI=1S/C34H36NO.C14H12NO/c1-24-17-25(2)19-30(18-24)35-22-26-20-29(33(3,4)27-13-9-7-10-14-27)21-31(32(26)36-23-35)34(5,6)28-15-11-8-12-16-28;1-2-7-13(8-3-1)15-10-12-6-4-5-9-14(12)16-11-15/h7-22H,23H2,1-6H3;1-10H,11H2/q2*+1. The van der Waals surface area contributed by atoms with Gasteiger partial charge in [-0.25, -0.2) is 0 Å². The minimum Gasteiger partial charge on any atom is -0.435 e. The van der Waals surface area contributed by atoms with Crippen molar-refractivity contribution in [3.8, 4) is 11.5 Å². The Kier molecular flexibility index (Phi) is 9.66. The van der Waals surface area contributed by atoms with Gasteiger partial charge in [0.05, 0.1) is 11.1 Å². The molecule has 2 aliphatic rings. The van der Waals surface area contributed by atoms with E-state index in [1.807, 2.05) is 36.4 Å². The van der Waals surface area contributed by atoms with Crippen LogP contribution in [0.5, 0.6) is 11.5 Å². The fourth-order valence-electron chi connectivity index (χ4n) is 7.20. The van der Waals surface area contributed by atoms with Gasteiger partial charge in [0.1, 0.15) is 11.5 Å². The van der Waals surface area contributed by atoms with Gasteiger partial charge in [-0.05, 0) is 59.9 Å². The molecule has 0 fully saturated rings. The van der Waals surface area contributed by atoms with Crippen LogP contribution in [0.25, 0.3) is 0 Å². The van der Waals surface area contributed by atoms with Gasteiger partial charge in [0.15, 0.2) is 12.4 Å². The third kappa shape index (κ3) is 7.20. The van der Waals surface area contributed by atoms with Crippen LogP contribution in [0.1, 0.15) is 72.2 Å². The molecule has 2 heterocycles. The number of aryl methyl sites for hydroxylation is 2. The van der Waals surface area contributed by atoms with Crippen molar-refractivity contribution >= 4 is 23.8 Å². The van der Waals surface area contributed by atoms with Crippen molar-refractivity contribution in [3.63, 3.8) is 0 Å². The Labute approximate surface area is 309 Å². The van der Waals surface area contributed by atoms with Crippen molar-refractivity contribution in [3.05, 3.63) is 190 Å². The Balaban J connectivity index is 0.000000217. The Hall–Kier alpha value is -5.74. The summed E-state index contributed by atoms with van der Waals surface area (Å²) in [6.07, 6.45) is 4.39. The van der Waals surface area contributed by atoms with Gasteiger partial charge in [-0.3, -0.25) is 0 Å². The zero-order chi connectivity index (χ0) is 36.3. The van der Waals surface area contributed by atoms with Crippen LogP contribution in [0.2, 0.25) is 0 Å². The molecule has 6 aromatic carbocycles. The molecule has 0 aliphatic carbocycles. The Morgan fingerprint density at radius 1 is 0.462 bits per heavy atom. The van der Waals surface area contributed by atoms with Crippen molar-refractivity contribution in [2.24, 2.45) is 0 Å². The number of fused-ring (bicyclic) bond motifs is 2. The molecule has 0 spiro atoms. The molecule has 0 bridgehead atoms. The van der Waals surface area contributed by atoms with Gasteiger partial charge in [-0.2, -0.15) is 9.15 Å². The summed E-state index contributed by atoms with van der Waals surface area (Å²) in [5.41, 5.74) is 11.8. The SMILES string of the molecule is C1=[N+](c2ccccc2)COc2ccccc21.Cc1cc(C)cc([N+]2=Cc3cc(C(C)(C)c4ccccc4)cc(C(C)(C)c4ccccc4)c3OC2)c1. The van der Waals surface area contributed by atoms with E-state index in [9.17, 15) is 0 Å².